The minimum Gasteiger partial charge on any atom is -0.461 e. The highest BCUT2D eigenvalue weighted by atomic mass is 16.5. The van der Waals surface area contributed by atoms with Gasteiger partial charge in [-0.05, 0) is 12.8 Å². The Morgan fingerprint density at radius 3 is 2.62 bits per heavy atom. The van der Waals surface area contributed by atoms with E-state index in [0.717, 1.165) is 0 Å². The van der Waals surface area contributed by atoms with E-state index >= 15 is 0 Å². The maximum Gasteiger partial charge on any atom is 0.360 e. The Kier molecular flexibility index (Phi) is 5.82. The molecule has 1 rings (SSSR count). The fraction of sp³-hybridized carbons (Fsp3) is 0.583. The SMILES string of the molecule is Cc1c(C(=O)OCC(C)C)nnn1CCC(=O)NC(N)=O. The van der Waals surface area contributed by atoms with Crippen LogP contribution in [0.4, 0.5) is 4.79 Å². The summed E-state index contributed by atoms with van der Waals surface area (Å²) < 4.78 is 6.46. The molecule has 0 aliphatic carbocycles. The lowest BCUT2D eigenvalue weighted by Crippen LogP contribution is -2.35. The molecule has 0 saturated carbocycles. The maximum atomic E-state index is 11.8. The third kappa shape index (κ3) is 5.21. The van der Waals surface area contributed by atoms with E-state index in [4.69, 9.17) is 10.5 Å². The second-order valence-electron chi connectivity index (χ2n) is 4.90. The van der Waals surface area contributed by atoms with E-state index < -0.39 is 17.9 Å². The fourth-order valence-electron chi connectivity index (χ4n) is 1.48. The Hall–Kier alpha value is -2.45. The number of nitrogens with zero attached hydrogens (tertiary/aromatic N) is 3. The van der Waals surface area contributed by atoms with Gasteiger partial charge in [-0.1, -0.05) is 19.1 Å². The van der Waals surface area contributed by atoms with E-state index in [-0.39, 0.29) is 24.6 Å². The molecule has 0 bridgehead atoms. The molecule has 9 heteroatoms. The van der Waals surface area contributed by atoms with E-state index in [0.29, 0.717) is 12.3 Å². The number of aromatic nitrogens is 3. The second-order valence-corrected chi connectivity index (χ2v) is 4.90. The number of nitrogens with two attached hydrogens (primary N) is 1. The molecular formula is C12H19N5O4. The molecule has 1 aromatic heterocycles. The van der Waals surface area contributed by atoms with Crippen LogP contribution in [0.2, 0.25) is 0 Å². The molecule has 1 heterocycles. The molecule has 0 aromatic carbocycles. The molecule has 0 saturated heterocycles. The average Bonchev–Trinajstić information content (AvgIpc) is 2.74. The Balaban J connectivity index is 2.61. The van der Waals surface area contributed by atoms with Crippen molar-refractivity contribution >= 4 is 17.9 Å². The highest BCUT2D eigenvalue weighted by Crippen LogP contribution is 2.07. The van der Waals surface area contributed by atoms with Crippen molar-refractivity contribution in [2.45, 2.75) is 33.7 Å². The van der Waals surface area contributed by atoms with Crippen LogP contribution >= 0.6 is 0 Å². The minimum absolute atomic E-state index is 0.00633. The summed E-state index contributed by atoms with van der Waals surface area (Å²) in [6, 6.07) is -0.909. The Bertz CT molecular complexity index is 538. The predicted octanol–water partition coefficient (Wildman–Crippen LogP) is -0.0157. The summed E-state index contributed by atoms with van der Waals surface area (Å²) in [5, 5.41) is 9.47. The third-order valence-corrected chi connectivity index (χ3v) is 2.54. The minimum atomic E-state index is -0.909. The molecule has 0 atom stereocenters. The zero-order valence-electron chi connectivity index (χ0n) is 12.3. The first-order valence-corrected chi connectivity index (χ1v) is 6.47. The van der Waals surface area contributed by atoms with Crippen molar-refractivity contribution in [2.24, 2.45) is 11.7 Å². The van der Waals surface area contributed by atoms with Crippen molar-refractivity contribution in [1.82, 2.24) is 20.3 Å². The molecule has 3 N–H and O–H groups in total. The standard InChI is InChI=1S/C12H19N5O4/c1-7(2)6-21-11(19)10-8(3)17(16-15-10)5-4-9(18)14-12(13)20/h7H,4-6H2,1-3H3,(H3,13,14,18,20). The van der Waals surface area contributed by atoms with Crippen LogP contribution in [-0.4, -0.2) is 39.5 Å². The predicted molar refractivity (Wildman–Crippen MR) is 72.2 cm³/mol. The van der Waals surface area contributed by atoms with Gasteiger partial charge in [0.15, 0.2) is 5.69 Å². The fourth-order valence-corrected chi connectivity index (χ4v) is 1.48. The lowest BCUT2D eigenvalue weighted by molar-refractivity contribution is -0.120. The Morgan fingerprint density at radius 2 is 2.05 bits per heavy atom. The number of carbonyl (C=O) groups excluding carboxylic acids is 3. The lowest BCUT2D eigenvalue weighted by Gasteiger charge is -2.06. The van der Waals surface area contributed by atoms with E-state index in [1.807, 2.05) is 19.2 Å². The molecule has 1 aromatic rings. The largest absolute Gasteiger partial charge is 0.461 e. The number of imide groups is 1. The van der Waals surface area contributed by atoms with E-state index in [9.17, 15) is 14.4 Å². The number of primary amides is 1. The first kappa shape index (κ1) is 16.6. The van der Waals surface area contributed by atoms with E-state index in [2.05, 4.69) is 10.3 Å². The number of rotatable bonds is 6. The first-order valence-electron chi connectivity index (χ1n) is 6.47. The summed E-state index contributed by atoms with van der Waals surface area (Å²) in [5.74, 6) is -0.850. The van der Waals surface area contributed by atoms with Crippen molar-refractivity contribution in [2.75, 3.05) is 6.61 Å². The van der Waals surface area contributed by atoms with Crippen molar-refractivity contribution in [1.29, 1.82) is 0 Å². The van der Waals surface area contributed by atoms with Gasteiger partial charge in [-0.3, -0.25) is 10.1 Å². The molecule has 3 amide bonds. The van der Waals surface area contributed by atoms with Gasteiger partial charge >= 0.3 is 12.0 Å². The summed E-state index contributed by atoms with van der Waals surface area (Å²) in [4.78, 5) is 33.6. The number of ether oxygens (including phenoxy) is 1. The number of esters is 1. The second kappa shape index (κ2) is 7.36. The summed E-state index contributed by atoms with van der Waals surface area (Å²) in [6.45, 7) is 5.97. The third-order valence-electron chi connectivity index (χ3n) is 2.54. The molecule has 9 nitrogen and oxygen atoms in total. The van der Waals surface area contributed by atoms with Gasteiger partial charge < -0.3 is 10.5 Å². The topological polar surface area (TPSA) is 129 Å². The van der Waals surface area contributed by atoms with Crippen molar-refractivity contribution in [3.63, 3.8) is 0 Å². The monoisotopic (exact) mass is 297 g/mol. The van der Waals surface area contributed by atoms with Gasteiger partial charge in [0.2, 0.25) is 5.91 Å². The number of urea groups is 1. The van der Waals surface area contributed by atoms with Crippen molar-refractivity contribution < 1.29 is 19.1 Å². The number of carbonyl (C=O) groups is 3. The molecule has 116 valence electrons. The zero-order valence-corrected chi connectivity index (χ0v) is 12.3. The van der Waals surface area contributed by atoms with E-state index in [1.165, 1.54) is 4.68 Å². The van der Waals surface area contributed by atoms with Crippen LogP contribution in [0.1, 0.15) is 36.5 Å². The molecule has 0 radical (unpaired) electrons. The maximum absolute atomic E-state index is 11.8. The number of hydrogen-bond acceptors (Lipinski definition) is 6. The van der Waals surface area contributed by atoms with Crippen LogP contribution in [0.15, 0.2) is 0 Å². The van der Waals surface area contributed by atoms with Gasteiger partial charge in [0.05, 0.1) is 18.8 Å². The Labute approximate surface area is 121 Å². The van der Waals surface area contributed by atoms with Gasteiger partial charge in [-0.2, -0.15) is 0 Å². The van der Waals surface area contributed by atoms with Gasteiger partial charge in [0.25, 0.3) is 0 Å². The van der Waals surface area contributed by atoms with Crippen molar-refractivity contribution in [3.05, 3.63) is 11.4 Å². The molecular weight excluding hydrogens is 278 g/mol. The lowest BCUT2D eigenvalue weighted by atomic mass is 10.2. The summed E-state index contributed by atoms with van der Waals surface area (Å²) in [5.41, 5.74) is 5.44. The number of amides is 3. The molecule has 0 spiro atoms. The number of aryl methyl sites for hydroxylation is 1. The van der Waals surface area contributed by atoms with Crippen LogP contribution in [0.5, 0.6) is 0 Å². The first-order chi connectivity index (χ1) is 9.81. The van der Waals surface area contributed by atoms with Gasteiger partial charge in [0.1, 0.15) is 0 Å². The van der Waals surface area contributed by atoms with Crippen LogP contribution < -0.4 is 11.1 Å². The Morgan fingerprint density at radius 1 is 1.38 bits per heavy atom. The molecule has 21 heavy (non-hydrogen) atoms. The summed E-state index contributed by atoms with van der Waals surface area (Å²) in [7, 11) is 0. The number of nitrogens with one attached hydrogen (secondary N) is 1. The molecule has 0 aliphatic heterocycles. The van der Waals surface area contributed by atoms with Crippen molar-refractivity contribution in [3.8, 4) is 0 Å². The van der Waals surface area contributed by atoms with Gasteiger partial charge in [-0.25, -0.2) is 14.3 Å². The molecule has 0 aliphatic rings. The van der Waals surface area contributed by atoms with Crippen LogP contribution in [-0.2, 0) is 16.1 Å². The zero-order chi connectivity index (χ0) is 16.0. The van der Waals surface area contributed by atoms with Crippen LogP contribution in [0, 0.1) is 12.8 Å². The molecule has 0 fully saturated rings. The molecule has 0 unspecified atom stereocenters. The highest BCUT2D eigenvalue weighted by molar-refractivity contribution is 5.93. The van der Waals surface area contributed by atoms with Gasteiger partial charge in [0, 0.05) is 6.42 Å². The highest BCUT2D eigenvalue weighted by Gasteiger charge is 2.18. The van der Waals surface area contributed by atoms with Crippen LogP contribution in [0.25, 0.3) is 0 Å². The van der Waals surface area contributed by atoms with Crippen LogP contribution in [0.3, 0.4) is 0 Å². The summed E-state index contributed by atoms with van der Waals surface area (Å²) in [6.07, 6.45) is -0.00633. The van der Waals surface area contributed by atoms with E-state index in [1.54, 1.807) is 6.92 Å². The quantitative estimate of drug-likeness (QED) is 0.710. The number of hydrogen-bond donors (Lipinski definition) is 2. The average molecular weight is 297 g/mol. The van der Waals surface area contributed by atoms with Gasteiger partial charge in [-0.15, -0.1) is 5.10 Å². The summed E-state index contributed by atoms with van der Waals surface area (Å²) >= 11 is 0. The normalized spacial score (nSPS) is 10.5. The smallest absolute Gasteiger partial charge is 0.360 e.